The van der Waals surface area contributed by atoms with Gasteiger partial charge in [-0.05, 0) is 32.3 Å². The normalized spacial score (nSPS) is 11.2. The highest BCUT2D eigenvalue weighted by Crippen LogP contribution is 2.25. The van der Waals surface area contributed by atoms with Crippen LogP contribution in [-0.4, -0.2) is 27.2 Å². The molecule has 1 heterocycles. The van der Waals surface area contributed by atoms with Gasteiger partial charge in [-0.1, -0.05) is 96.8 Å². The predicted molar refractivity (Wildman–Crippen MR) is 145 cm³/mol. The molecule has 0 atom stereocenters. The number of hydrogen-bond acceptors (Lipinski definition) is 3. The van der Waals surface area contributed by atoms with Crippen molar-refractivity contribution in [2.45, 2.75) is 143 Å². The number of nitrogens with zero attached hydrogens (tertiary/aromatic N) is 1. The van der Waals surface area contributed by atoms with E-state index in [1.54, 1.807) is 4.57 Å². The SMILES string of the molecule is CCCCCCCCCCCCCCCCCC(=O)c1c(C)c(C(=O)CCCC(=O)O)n(C)c1C. The standard InChI is InChI=1S/C30H51NO4/c1-5-6-7-8-9-10-11-12-13-14-15-16-17-18-19-21-26(32)29-24(2)30(31(4)25(29)3)27(33)22-20-23-28(34)35/h5-23H2,1-4H3,(H,34,35). The summed E-state index contributed by atoms with van der Waals surface area (Å²) in [7, 11) is 1.82. The molecule has 0 fully saturated rings. The van der Waals surface area contributed by atoms with Gasteiger partial charge in [-0.2, -0.15) is 0 Å². The van der Waals surface area contributed by atoms with Crippen LogP contribution in [0.25, 0.3) is 0 Å². The lowest BCUT2D eigenvalue weighted by molar-refractivity contribution is -0.137. The van der Waals surface area contributed by atoms with Crippen molar-refractivity contribution < 1.29 is 19.5 Å². The molecule has 0 aliphatic heterocycles. The first-order valence-corrected chi connectivity index (χ1v) is 14.2. The first-order valence-electron chi connectivity index (χ1n) is 14.2. The fourth-order valence-corrected chi connectivity index (χ4v) is 5.08. The summed E-state index contributed by atoms with van der Waals surface area (Å²) in [5, 5.41) is 8.80. The number of Topliss-reactive ketones (excluding diaryl/α,β-unsaturated/α-hetero) is 2. The van der Waals surface area contributed by atoms with Crippen molar-refractivity contribution in [1.29, 1.82) is 0 Å². The van der Waals surface area contributed by atoms with Gasteiger partial charge in [0.05, 0.1) is 5.69 Å². The molecule has 0 aliphatic carbocycles. The van der Waals surface area contributed by atoms with Crippen LogP contribution < -0.4 is 0 Å². The molecule has 0 bridgehead atoms. The van der Waals surface area contributed by atoms with Crippen molar-refractivity contribution in [3.63, 3.8) is 0 Å². The van der Waals surface area contributed by atoms with Crippen molar-refractivity contribution in [3.05, 3.63) is 22.5 Å². The number of carboxylic acid groups (broad SMARTS) is 1. The molecule has 0 saturated heterocycles. The molecule has 5 nitrogen and oxygen atoms in total. The highest BCUT2D eigenvalue weighted by atomic mass is 16.4. The van der Waals surface area contributed by atoms with Gasteiger partial charge in [0, 0.05) is 37.6 Å². The van der Waals surface area contributed by atoms with Gasteiger partial charge in [-0.15, -0.1) is 0 Å². The van der Waals surface area contributed by atoms with Gasteiger partial charge in [0.2, 0.25) is 0 Å². The van der Waals surface area contributed by atoms with Gasteiger partial charge in [-0.25, -0.2) is 0 Å². The third kappa shape index (κ3) is 12.1. The van der Waals surface area contributed by atoms with Gasteiger partial charge >= 0.3 is 5.97 Å². The fraction of sp³-hybridized carbons (Fsp3) is 0.767. The second-order valence-electron chi connectivity index (χ2n) is 10.3. The molecule has 0 aliphatic rings. The Balaban J connectivity index is 2.23. The molecular formula is C30H51NO4. The van der Waals surface area contributed by atoms with Gasteiger partial charge in [0.25, 0.3) is 0 Å². The summed E-state index contributed by atoms with van der Waals surface area (Å²) in [5.74, 6) is -0.854. The average Bonchev–Trinajstić information content (AvgIpc) is 3.03. The van der Waals surface area contributed by atoms with E-state index in [9.17, 15) is 14.4 Å². The van der Waals surface area contributed by atoms with E-state index in [1.807, 2.05) is 20.9 Å². The van der Waals surface area contributed by atoms with Crippen molar-refractivity contribution in [2.75, 3.05) is 0 Å². The van der Waals surface area contributed by atoms with Crippen LogP contribution in [0.4, 0.5) is 0 Å². The van der Waals surface area contributed by atoms with Crippen LogP contribution in [0.5, 0.6) is 0 Å². The average molecular weight is 490 g/mol. The van der Waals surface area contributed by atoms with Crippen molar-refractivity contribution in [3.8, 4) is 0 Å². The van der Waals surface area contributed by atoms with E-state index in [2.05, 4.69) is 6.92 Å². The highest BCUT2D eigenvalue weighted by Gasteiger charge is 2.24. The Morgan fingerprint density at radius 2 is 1.06 bits per heavy atom. The zero-order valence-corrected chi connectivity index (χ0v) is 23.1. The van der Waals surface area contributed by atoms with Crippen LogP contribution in [0.15, 0.2) is 0 Å². The number of carbonyl (C=O) groups is 3. The molecule has 0 unspecified atom stereocenters. The molecule has 0 saturated carbocycles. The molecule has 0 spiro atoms. The Kier molecular flexibility index (Phi) is 16.3. The maximum absolute atomic E-state index is 12.9. The highest BCUT2D eigenvalue weighted by molar-refractivity contribution is 6.04. The molecule has 0 radical (unpaired) electrons. The van der Waals surface area contributed by atoms with E-state index in [4.69, 9.17) is 5.11 Å². The number of ketones is 2. The lowest BCUT2D eigenvalue weighted by Crippen LogP contribution is -2.09. The summed E-state index contributed by atoms with van der Waals surface area (Å²) in [6, 6.07) is 0. The zero-order valence-electron chi connectivity index (χ0n) is 23.1. The minimum atomic E-state index is -0.892. The smallest absolute Gasteiger partial charge is 0.303 e. The number of aromatic nitrogens is 1. The quantitative estimate of drug-likeness (QED) is 0.131. The second-order valence-corrected chi connectivity index (χ2v) is 10.3. The molecule has 1 rings (SSSR count). The Labute approximate surface area is 214 Å². The van der Waals surface area contributed by atoms with Crippen LogP contribution in [-0.2, 0) is 11.8 Å². The Morgan fingerprint density at radius 1 is 0.629 bits per heavy atom. The van der Waals surface area contributed by atoms with Crippen LogP contribution in [0.1, 0.15) is 161 Å². The number of hydrogen-bond donors (Lipinski definition) is 1. The van der Waals surface area contributed by atoms with Crippen LogP contribution in [0, 0.1) is 13.8 Å². The summed E-state index contributed by atoms with van der Waals surface area (Å²) in [5.41, 5.74) is 2.80. The molecule has 1 aromatic rings. The Morgan fingerprint density at radius 3 is 1.51 bits per heavy atom. The molecule has 0 amide bonds. The zero-order chi connectivity index (χ0) is 26.1. The minimum Gasteiger partial charge on any atom is -0.481 e. The predicted octanol–water partition coefficient (Wildman–Crippen LogP) is 8.52. The van der Waals surface area contributed by atoms with E-state index in [1.165, 1.54) is 83.5 Å². The van der Waals surface area contributed by atoms with Gasteiger partial charge < -0.3 is 9.67 Å². The Bertz CT molecular complexity index is 778. The van der Waals surface area contributed by atoms with E-state index >= 15 is 0 Å². The van der Waals surface area contributed by atoms with Crippen LogP contribution in [0.2, 0.25) is 0 Å². The largest absolute Gasteiger partial charge is 0.481 e. The first kappa shape index (κ1) is 31.1. The van der Waals surface area contributed by atoms with E-state index in [0.29, 0.717) is 24.1 Å². The number of rotatable bonds is 22. The number of carbonyl (C=O) groups excluding carboxylic acids is 2. The van der Waals surface area contributed by atoms with E-state index < -0.39 is 5.97 Å². The van der Waals surface area contributed by atoms with Crippen molar-refractivity contribution >= 4 is 17.5 Å². The van der Waals surface area contributed by atoms with Crippen LogP contribution >= 0.6 is 0 Å². The topological polar surface area (TPSA) is 76.4 Å². The third-order valence-electron chi connectivity index (χ3n) is 7.28. The van der Waals surface area contributed by atoms with E-state index in [-0.39, 0.29) is 24.4 Å². The fourth-order valence-electron chi connectivity index (χ4n) is 5.08. The lowest BCUT2D eigenvalue weighted by Gasteiger charge is -2.05. The summed E-state index contributed by atoms with van der Waals surface area (Å²) in [6.07, 6.45) is 20.5. The molecular weight excluding hydrogens is 438 g/mol. The minimum absolute atomic E-state index is 0.0147. The molecule has 0 aromatic carbocycles. The maximum Gasteiger partial charge on any atom is 0.303 e. The molecule has 1 aromatic heterocycles. The van der Waals surface area contributed by atoms with Crippen molar-refractivity contribution in [2.24, 2.45) is 7.05 Å². The Hall–Kier alpha value is -1.91. The van der Waals surface area contributed by atoms with Crippen LogP contribution in [0.3, 0.4) is 0 Å². The van der Waals surface area contributed by atoms with Gasteiger partial charge in [0.1, 0.15) is 0 Å². The first-order chi connectivity index (χ1) is 16.8. The van der Waals surface area contributed by atoms with Crippen molar-refractivity contribution in [1.82, 2.24) is 4.57 Å². The van der Waals surface area contributed by atoms with Gasteiger partial charge in [0.15, 0.2) is 11.6 Å². The third-order valence-corrected chi connectivity index (χ3v) is 7.28. The maximum atomic E-state index is 12.9. The monoisotopic (exact) mass is 489 g/mol. The number of carboxylic acids is 1. The second kappa shape index (κ2) is 18.4. The summed E-state index contributed by atoms with van der Waals surface area (Å²) in [4.78, 5) is 36.3. The van der Waals surface area contributed by atoms with Gasteiger partial charge in [-0.3, -0.25) is 14.4 Å². The molecule has 5 heteroatoms. The number of unbranched alkanes of at least 4 members (excludes halogenated alkanes) is 14. The molecule has 1 N–H and O–H groups in total. The summed E-state index contributed by atoms with van der Waals surface area (Å²) in [6.45, 7) is 6.00. The molecule has 35 heavy (non-hydrogen) atoms. The lowest BCUT2D eigenvalue weighted by atomic mass is 9.98. The summed E-state index contributed by atoms with van der Waals surface area (Å²) >= 11 is 0. The summed E-state index contributed by atoms with van der Waals surface area (Å²) < 4.78 is 1.80. The molecule has 200 valence electrons. The number of aliphatic carboxylic acids is 1. The van der Waals surface area contributed by atoms with E-state index in [0.717, 1.165) is 24.1 Å².